The summed E-state index contributed by atoms with van der Waals surface area (Å²) in [6.07, 6.45) is 7.75. The Hall–Kier alpha value is -2.07. The summed E-state index contributed by atoms with van der Waals surface area (Å²) in [5, 5.41) is 0.722. The highest BCUT2D eigenvalue weighted by atomic mass is 32.2. The minimum Gasteiger partial charge on any atom is -0.444 e. The Balaban J connectivity index is 1.47. The van der Waals surface area contributed by atoms with Crippen LogP contribution in [0.3, 0.4) is 0 Å². The first-order chi connectivity index (χ1) is 15.3. The molecular weight excluding hydrogens is 428 g/mol. The van der Waals surface area contributed by atoms with E-state index < -0.39 is 5.60 Å². The molecule has 2 bridgehead atoms. The molecule has 3 atom stereocenters. The second kappa shape index (κ2) is 8.37. The molecule has 3 aliphatic rings. The number of anilines is 1. The van der Waals surface area contributed by atoms with Crippen LogP contribution in [0.15, 0.2) is 11.5 Å². The van der Waals surface area contributed by atoms with E-state index in [1.165, 1.54) is 11.8 Å². The number of hydrogen-bond donors (Lipinski definition) is 0. The van der Waals surface area contributed by atoms with E-state index in [4.69, 9.17) is 14.5 Å². The highest BCUT2D eigenvalue weighted by Crippen LogP contribution is 2.37. The minimum absolute atomic E-state index is 0.126. The zero-order chi connectivity index (χ0) is 22.5. The SMILES string of the molecule is CSc1nc(N2CC3CCC(C2)N3C(=O)OC(C)(C)C)c2c(ncn2C2CCCOC2)n1. The van der Waals surface area contributed by atoms with Crippen LogP contribution < -0.4 is 4.90 Å². The summed E-state index contributed by atoms with van der Waals surface area (Å²) in [6, 6.07) is 0.498. The van der Waals surface area contributed by atoms with Crippen molar-refractivity contribution in [3.63, 3.8) is 0 Å². The monoisotopic (exact) mass is 460 g/mol. The van der Waals surface area contributed by atoms with Crippen molar-refractivity contribution in [2.45, 2.75) is 75.3 Å². The number of rotatable bonds is 3. The van der Waals surface area contributed by atoms with Gasteiger partial charge in [0.25, 0.3) is 0 Å². The number of piperazine rings is 1. The molecule has 5 heterocycles. The molecule has 0 spiro atoms. The summed E-state index contributed by atoms with van der Waals surface area (Å²) in [5.41, 5.74) is 1.21. The fourth-order valence-electron chi connectivity index (χ4n) is 5.13. The lowest BCUT2D eigenvalue weighted by molar-refractivity contribution is 0.0122. The van der Waals surface area contributed by atoms with Crippen LogP contribution in [-0.4, -0.2) is 80.8 Å². The number of hydrogen-bond acceptors (Lipinski definition) is 8. The van der Waals surface area contributed by atoms with Gasteiger partial charge in [0, 0.05) is 19.7 Å². The molecule has 32 heavy (non-hydrogen) atoms. The average Bonchev–Trinajstić information content (AvgIpc) is 3.30. The second-order valence-electron chi connectivity index (χ2n) is 9.91. The molecule has 3 saturated heterocycles. The number of carbonyl (C=O) groups excluding carboxylic acids is 1. The standard InChI is InChI=1S/C22H32N6O3S/c1-22(2,3)31-21(29)28-14-7-8-15(28)11-26(10-14)19-17-18(24-20(25-19)32-4)23-13-27(17)16-6-5-9-30-12-16/h13-16H,5-12H2,1-4H3. The molecule has 5 rings (SSSR count). The molecule has 3 fully saturated rings. The van der Waals surface area contributed by atoms with Gasteiger partial charge in [-0.2, -0.15) is 0 Å². The predicted octanol–water partition coefficient (Wildman–Crippen LogP) is 3.49. The molecule has 3 unspecified atom stereocenters. The molecular formula is C22H32N6O3S. The van der Waals surface area contributed by atoms with Gasteiger partial charge < -0.3 is 18.9 Å². The Morgan fingerprint density at radius 2 is 1.91 bits per heavy atom. The quantitative estimate of drug-likeness (QED) is 0.508. The van der Waals surface area contributed by atoms with Crippen molar-refractivity contribution >= 4 is 34.8 Å². The number of nitrogens with zero attached hydrogens (tertiary/aromatic N) is 6. The lowest BCUT2D eigenvalue weighted by Crippen LogP contribution is -2.57. The van der Waals surface area contributed by atoms with Crippen molar-refractivity contribution in [1.29, 1.82) is 0 Å². The van der Waals surface area contributed by atoms with Gasteiger partial charge in [0.15, 0.2) is 16.6 Å². The van der Waals surface area contributed by atoms with Gasteiger partial charge in [-0.05, 0) is 52.7 Å². The van der Waals surface area contributed by atoms with Crippen LogP contribution in [0.1, 0.15) is 52.5 Å². The number of thioether (sulfide) groups is 1. The molecule has 2 aromatic heterocycles. The summed E-state index contributed by atoms with van der Waals surface area (Å²) in [7, 11) is 0. The third-order valence-electron chi connectivity index (χ3n) is 6.49. The van der Waals surface area contributed by atoms with Crippen molar-refractivity contribution in [2.24, 2.45) is 0 Å². The number of fused-ring (bicyclic) bond motifs is 3. The van der Waals surface area contributed by atoms with Crippen molar-refractivity contribution in [1.82, 2.24) is 24.4 Å². The maximum absolute atomic E-state index is 12.9. The van der Waals surface area contributed by atoms with Gasteiger partial charge in [-0.15, -0.1) is 0 Å². The molecule has 10 heteroatoms. The fraction of sp³-hybridized carbons (Fsp3) is 0.727. The molecule has 0 saturated carbocycles. The fourth-order valence-corrected chi connectivity index (χ4v) is 5.48. The van der Waals surface area contributed by atoms with Crippen LogP contribution >= 0.6 is 11.8 Å². The van der Waals surface area contributed by atoms with E-state index in [2.05, 4.69) is 19.4 Å². The van der Waals surface area contributed by atoms with Crippen molar-refractivity contribution in [2.75, 3.05) is 37.5 Å². The average molecular weight is 461 g/mol. The van der Waals surface area contributed by atoms with Crippen LogP contribution in [-0.2, 0) is 9.47 Å². The van der Waals surface area contributed by atoms with E-state index in [9.17, 15) is 4.79 Å². The van der Waals surface area contributed by atoms with E-state index in [1.54, 1.807) is 0 Å². The van der Waals surface area contributed by atoms with E-state index >= 15 is 0 Å². The first kappa shape index (κ1) is 21.8. The molecule has 2 aromatic rings. The molecule has 0 radical (unpaired) electrons. The van der Waals surface area contributed by atoms with Gasteiger partial charge in [-0.25, -0.2) is 19.7 Å². The zero-order valence-electron chi connectivity index (χ0n) is 19.3. The largest absolute Gasteiger partial charge is 0.444 e. The summed E-state index contributed by atoms with van der Waals surface area (Å²) in [4.78, 5) is 31.4. The van der Waals surface area contributed by atoms with Gasteiger partial charge in [-0.1, -0.05) is 11.8 Å². The number of aromatic nitrogens is 4. The van der Waals surface area contributed by atoms with Gasteiger partial charge in [0.2, 0.25) is 0 Å². The van der Waals surface area contributed by atoms with E-state index in [0.29, 0.717) is 6.61 Å². The van der Waals surface area contributed by atoms with Crippen molar-refractivity contribution in [3.05, 3.63) is 6.33 Å². The van der Waals surface area contributed by atoms with Crippen LogP contribution in [0.4, 0.5) is 10.6 Å². The first-order valence-electron chi connectivity index (χ1n) is 11.5. The molecule has 174 valence electrons. The van der Waals surface area contributed by atoms with Gasteiger partial charge in [-0.3, -0.25) is 4.90 Å². The number of carbonyl (C=O) groups is 1. The third-order valence-corrected chi connectivity index (χ3v) is 7.04. The molecule has 1 amide bonds. The normalized spacial score (nSPS) is 26.1. The maximum atomic E-state index is 12.9. The topological polar surface area (TPSA) is 85.6 Å². The van der Waals surface area contributed by atoms with Crippen LogP contribution in [0.5, 0.6) is 0 Å². The van der Waals surface area contributed by atoms with Gasteiger partial charge >= 0.3 is 6.09 Å². The van der Waals surface area contributed by atoms with Gasteiger partial charge in [0.1, 0.15) is 11.1 Å². The number of amides is 1. The Labute approximate surface area is 192 Å². The maximum Gasteiger partial charge on any atom is 0.410 e. The summed E-state index contributed by atoms with van der Waals surface area (Å²) in [5.74, 6) is 0.920. The van der Waals surface area contributed by atoms with Gasteiger partial charge in [0.05, 0.1) is 31.1 Å². The van der Waals surface area contributed by atoms with E-state index in [0.717, 1.165) is 67.5 Å². The number of ether oxygens (including phenoxy) is 2. The third kappa shape index (κ3) is 4.03. The highest BCUT2D eigenvalue weighted by Gasteiger charge is 2.45. The Bertz CT molecular complexity index is 985. The molecule has 0 N–H and O–H groups in total. The summed E-state index contributed by atoms with van der Waals surface area (Å²) in [6.45, 7) is 8.73. The molecule has 0 aliphatic carbocycles. The first-order valence-corrected chi connectivity index (χ1v) is 12.7. The van der Waals surface area contributed by atoms with Crippen LogP contribution in [0.2, 0.25) is 0 Å². The summed E-state index contributed by atoms with van der Waals surface area (Å²) >= 11 is 1.53. The van der Waals surface area contributed by atoms with Crippen LogP contribution in [0.25, 0.3) is 11.2 Å². The lowest BCUT2D eigenvalue weighted by Gasteiger charge is -2.42. The molecule has 9 nitrogen and oxygen atoms in total. The zero-order valence-corrected chi connectivity index (χ0v) is 20.1. The Kier molecular flexibility index (Phi) is 5.69. The number of imidazole rings is 1. The van der Waals surface area contributed by atoms with Crippen molar-refractivity contribution < 1.29 is 14.3 Å². The predicted molar refractivity (Wildman–Crippen MR) is 123 cm³/mol. The lowest BCUT2D eigenvalue weighted by atomic mass is 10.1. The molecule has 3 aliphatic heterocycles. The summed E-state index contributed by atoms with van der Waals surface area (Å²) < 4.78 is 13.7. The Morgan fingerprint density at radius 3 is 2.53 bits per heavy atom. The van der Waals surface area contributed by atoms with E-state index in [1.807, 2.05) is 38.3 Å². The van der Waals surface area contributed by atoms with Crippen LogP contribution in [0, 0.1) is 0 Å². The highest BCUT2D eigenvalue weighted by molar-refractivity contribution is 7.98. The van der Waals surface area contributed by atoms with E-state index in [-0.39, 0.29) is 24.2 Å². The molecule has 0 aromatic carbocycles. The smallest absolute Gasteiger partial charge is 0.410 e. The Morgan fingerprint density at radius 1 is 1.16 bits per heavy atom. The minimum atomic E-state index is -0.492. The van der Waals surface area contributed by atoms with Crippen molar-refractivity contribution in [3.8, 4) is 0 Å². The second-order valence-corrected chi connectivity index (χ2v) is 10.7.